The van der Waals surface area contributed by atoms with Gasteiger partial charge in [0.25, 0.3) is 5.91 Å². The van der Waals surface area contributed by atoms with Crippen molar-refractivity contribution >= 4 is 27.3 Å². The van der Waals surface area contributed by atoms with Gasteiger partial charge in [-0.25, -0.2) is 8.42 Å². The summed E-state index contributed by atoms with van der Waals surface area (Å²) in [7, 11) is -1.97. The molecule has 0 aromatic heterocycles. The molecule has 1 atom stereocenters. The number of amides is 2. The largest absolute Gasteiger partial charge is 0.372 e. The number of benzene rings is 1. The molecule has 0 spiro atoms. The fourth-order valence-corrected chi connectivity index (χ4v) is 3.13. The molecule has 1 unspecified atom stereocenters. The van der Waals surface area contributed by atoms with Crippen molar-refractivity contribution in [2.24, 2.45) is 0 Å². The number of nitrogens with zero attached hydrogens (tertiary/aromatic N) is 1. The van der Waals surface area contributed by atoms with Crippen LogP contribution in [-0.4, -0.2) is 44.0 Å². The van der Waals surface area contributed by atoms with Gasteiger partial charge in [0.2, 0.25) is 5.91 Å². The molecule has 1 N–H and O–H groups in total. The zero-order valence-electron chi connectivity index (χ0n) is 11.3. The molecule has 0 saturated carbocycles. The van der Waals surface area contributed by atoms with Gasteiger partial charge < -0.3 is 5.32 Å². The van der Waals surface area contributed by atoms with E-state index in [9.17, 15) is 18.0 Å². The second-order valence-corrected chi connectivity index (χ2v) is 6.84. The Morgan fingerprint density at radius 2 is 1.95 bits per heavy atom. The Morgan fingerprint density at radius 3 is 2.50 bits per heavy atom. The minimum atomic E-state index is -3.39. The van der Waals surface area contributed by atoms with Crippen molar-refractivity contribution in [2.45, 2.75) is 24.3 Å². The molecule has 1 saturated heterocycles. The lowest BCUT2D eigenvalue weighted by Crippen LogP contribution is -2.32. The lowest BCUT2D eigenvalue weighted by atomic mass is 10.2. The number of likely N-dealkylation sites (tertiary alicyclic amines) is 1. The molecular weight excluding hydrogens is 280 g/mol. The Morgan fingerprint density at radius 1 is 1.30 bits per heavy atom. The molecule has 7 heteroatoms. The molecule has 108 valence electrons. The number of para-hydroxylation sites is 1. The summed E-state index contributed by atoms with van der Waals surface area (Å²) in [5.74, 6) is -0.648. The maximum absolute atomic E-state index is 12.0. The fourth-order valence-electron chi connectivity index (χ4n) is 2.07. The van der Waals surface area contributed by atoms with Gasteiger partial charge in [-0.05, 0) is 12.1 Å². The second kappa shape index (κ2) is 5.24. The maximum atomic E-state index is 12.0. The van der Waals surface area contributed by atoms with Crippen LogP contribution in [0.5, 0.6) is 0 Å². The molecular formula is C13H16N2O4S. The number of hydrogen-bond acceptors (Lipinski definition) is 5. The normalized spacial score (nSPS) is 19.5. The van der Waals surface area contributed by atoms with Gasteiger partial charge in [0.1, 0.15) is 6.04 Å². The molecule has 1 aliphatic rings. The first kappa shape index (κ1) is 14.5. The van der Waals surface area contributed by atoms with Crippen molar-refractivity contribution in [3.05, 3.63) is 24.3 Å². The van der Waals surface area contributed by atoms with Gasteiger partial charge in [0.15, 0.2) is 9.84 Å². The predicted molar refractivity (Wildman–Crippen MR) is 74.0 cm³/mol. The number of imide groups is 1. The van der Waals surface area contributed by atoms with E-state index >= 15 is 0 Å². The van der Waals surface area contributed by atoms with E-state index in [2.05, 4.69) is 5.32 Å². The number of nitrogens with one attached hydrogen (secondary N) is 1. The summed E-state index contributed by atoms with van der Waals surface area (Å²) in [5, 5.41) is 2.87. The number of hydrogen-bond donors (Lipinski definition) is 1. The van der Waals surface area contributed by atoms with Crippen LogP contribution in [0, 0.1) is 0 Å². The summed E-state index contributed by atoms with van der Waals surface area (Å²) in [6.07, 6.45) is 0.0375. The number of likely N-dealkylation sites (N-methyl/N-ethyl adjacent to an activating group) is 1. The van der Waals surface area contributed by atoms with E-state index in [0.29, 0.717) is 5.69 Å². The zero-order valence-corrected chi connectivity index (χ0v) is 12.1. The average molecular weight is 296 g/mol. The van der Waals surface area contributed by atoms with Crippen molar-refractivity contribution in [3.63, 3.8) is 0 Å². The minimum Gasteiger partial charge on any atom is -0.372 e. The molecule has 1 fully saturated rings. The molecule has 0 radical (unpaired) electrons. The molecule has 1 heterocycles. The SMILES string of the molecule is CCS(=O)(=O)c1ccccc1NC1CC(=O)N(C)C1=O. The molecule has 2 rings (SSSR count). The maximum Gasteiger partial charge on any atom is 0.251 e. The second-order valence-electron chi connectivity index (χ2n) is 4.59. The third-order valence-corrected chi connectivity index (χ3v) is 5.10. The summed E-state index contributed by atoms with van der Waals surface area (Å²) in [5.41, 5.74) is 0.357. The zero-order chi connectivity index (χ0) is 14.9. The lowest BCUT2D eigenvalue weighted by Gasteiger charge is -2.15. The summed E-state index contributed by atoms with van der Waals surface area (Å²) in [6, 6.07) is 5.69. The Bertz CT molecular complexity index is 654. The van der Waals surface area contributed by atoms with Crippen molar-refractivity contribution < 1.29 is 18.0 Å². The molecule has 1 aliphatic heterocycles. The van der Waals surface area contributed by atoms with Crippen LogP contribution < -0.4 is 5.32 Å². The van der Waals surface area contributed by atoms with Gasteiger partial charge in [0, 0.05) is 7.05 Å². The van der Waals surface area contributed by atoms with Gasteiger partial charge in [-0.15, -0.1) is 0 Å². The van der Waals surface area contributed by atoms with Gasteiger partial charge in [-0.3, -0.25) is 14.5 Å². The van der Waals surface area contributed by atoms with Gasteiger partial charge in [-0.1, -0.05) is 19.1 Å². The first-order valence-corrected chi connectivity index (χ1v) is 7.90. The van der Waals surface area contributed by atoms with Crippen molar-refractivity contribution in [1.29, 1.82) is 0 Å². The van der Waals surface area contributed by atoms with Crippen LogP contribution in [0.3, 0.4) is 0 Å². The van der Waals surface area contributed by atoms with E-state index in [1.165, 1.54) is 13.1 Å². The first-order chi connectivity index (χ1) is 9.36. The molecule has 2 amide bonds. The Labute approximate surface area is 117 Å². The Balaban J connectivity index is 2.32. The van der Waals surface area contributed by atoms with Gasteiger partial charge >= 0.3 is 0 Å². The van der Waals surface area contributed by atoms with E-state index in [0.717, 1.165) is 4.90 Å². The number of carbonyl (C=O) groups is 2. The topological polar surface area (TPSA) is 83.6 Å². The Hall–Kier alpha value is -1.89. The summed E-state index contributed by atoms with van der Waals surface area (Å²) < 4.78 is 24.0. The molecule has 6 nitrogen and oxygen atoms in total. The highest BCUT2D eigenvalue weighted by Crippen LogP contribution is 2.25. The fraction of sp³-hybridized carbons (Fsp3) is 0.385. The third-order valence-electron chi connectivity index (χ3n) is 3.31. The van der Waals surface area contributed by atoms with Crippen molar-refractivity contribution in [2.75, 3.05) is 18.1 Å². The quantitative estimate of drug-likeness (QED) is 0.825. The molecule has 1 aromatic rings. The summed E-state index contributed by atoms with van der Waals surface area (Å²) in [4.78, 5) is 24.5. The number of rotatable bonds is 4. The van der Waals surface area contributed by atoms with Crippen LogP contribution in [-0.2, 0) is 19.4 Å². The smallest absolute Gasteiger partial charge is 0.251 e. The van der Waals surface area contributed by atoms with E-state index in [4.69, 9.17) is 0 Å². The van der Waals surface area contributed by atoms with E-state index in [1.807, 2.05) is 0 Å². The molecule has 20 heavy (non-hydrogen) atoms. The van der Waals surface area contributed by atoms with Crippen LogP contribution in [0.4, 0.5) is 5.69 Å². The van der Waals surface area contributed by atoms with Crippen LogP contribution in [0.25, 0.3) is 0 Å². The molecule has 1 aromatic carbocycles. The summed E-state index contributed by atoms with van der Waals surface area (Å²) >= 11 is 0. The highest BCUT2D eigenvalue weighted by atomic mass is 32.2. The van der Waals surface area contributed by atoms with E-state index in [1.54, 1.807) is 25.1 Å². The monoisotopic (exact) mass is 296 g/mol. The lowest BCUT2D eigenvalue weighted by molar-refractivity contribution is -0.136. The average Bonchev–Trinajstić information content (AvgIpc) is 2.67. The summed E-state index contributed by atoms with van der Waals surface area (Å²) in [6.45, 7) is 1.56. The van der Waals surface area contributed by atoms with Gasteiger partial charge in [-0.2, -0.15) is 0 Å². The molecule has 0 bridgehead atoms. The number of sulfone groups is 1. The third kappa shape index (κ3) is 2.53. The standard InChI is InChI=1S/C13H16N2O4S/c1-3-20(18,19)11-7-5-4-6-9(11)14-10-8-12(16)15(2)13(10)17/h4-7,10,14H,3,8H2,1-2H3. The van der Waals surface area contributed by atoms with Crippen molar-refractivity contribution in [3.8, 4) is 0 Å². The molecule has 0 aliphatic carbocycles. The van der Waals surface area contributed by atoms with E-state index in [-0.39, 0.29) is 28.9 Å². The highest BCUT2D eigenvalue weighted by molar-refractivity contribution is 7.91. The van der Waals surface area contributed by atoms with Crippen LogP contribution >= 0.6 is 0 Å². The van der Waals surface area contributed by atoms with E-state index < -0.39 is 15.9 Å². The predicted octanol–water partition coefficient (Wildman–Crippen LogP) is 0.649. The van der Waals surface area contributed by atoms with Crippen LogP contribution in [0.15, 0.2) is 29.2 Å². The Kier molecular flexibility index (Phi) is 3.80. The van der Waals surface area contributed by atoms with Crippen LogP contribution in [0.2, 0.25) is 0 Å². The number of anilines is 1. The minimum absolute atomic E-state index is 0.0247. The number of carbonyl (C=O) groups excluding carboxylic acids is 2. The van der Waals surface area contributed by atoms with Crippen LogP contribution in [0.1, 0.15) is 13.3 Å². The van der Waals surface area contributed by atoms with Crippen molar-refractivity contribution in [1.82, 2.24) is 4.90 Å². The van der Waals surface area contributed by atoms with Gasteiger partial charge in [0.05, 0.1) is 22.8 Å². The first-order valence-electron chi connectivity index (χ1n) is 6.25. The highest BCUT2D eigenvalue weighted by Gasteiger charge is 2.36.